The van der Waals surface area contributed by atoms with Crippen LogP contribution in [-0.2, 0) is 0 Å². The van der Waals surface area contributed by atoms with Gasteiger partial charge in [-0.1, -0.05) is 224 Å². The van der Waals surface area contributed by atoms with E-state index in [0.717, 1.165) is 22.6 Å². The molecule has 296 valence electrons. The van der Waals surface area contributed by atoms with Gasteiger partial charge in [-0.2, -0.15) is 0 Å². The summed E-state index contributed by atoms with van der Waals surface area (Å²) >= 11 is 0. The third-order valence-corrected chi connectivity index (χ3v) is 12.3. The molecule has 11 aromatic rings. The molecule has 0 radical (unpaired) electrons. The molecule has 0 aliphatic rings. The number of nitrogens with zero attached hydrogens (tertiary/aromatic N) is 1. The molecule has 0 N–H and O–H groups in total. The molecule has 1 nitrogen and oxygen atoms in total. The van der Waals surface area contributed by atoms with Gasteiger partial charge < -0.3 is 4.90 Å². The number of para-hydroxylation sites is 1. The van der Waals surface area contributed by atoms with Crippen LogP contribution >= 0.6 is 0 Å². The summed E-state index contributed by atoms with van der Waals surface area (Å²) in [5.74, 6) is 0. The number of rotatable bonds is 9. The summed E-state index contributed by atoms with van der Waals surface area (Å²) in [6, 6.07) is 94.8. The molecule has 0 amide bonds. The van der Waals surface area contributed by atoms with Crippen LogP contribution in [0.1, 0.15) is 0 Å². The van der Waals surface area contributed by atoms with Gasteiger partial charge in [-0.3, -0.25) is 0 Å². The lowest BCUT2D eigenvalue weighted by atomic mass is 9.84. The summed E-state index contributed by atoms with van der Waals surface area (Å²) in [7, 11) is 0. The lowest BCUT2D eigenvalue weighted by Crippen LogP contribution is -2.11. The van der Waals surface area contributed by atoms with Gasteiger partial charge in [0.05, 0.1) is 5.69 Å². The van der Waals surface area contributed by atoms with Crippen LogP contribution in [0.15, 0.2) is 261 Å². The molecule has 0 aliphatic heterocycles. The van der Waals surface area contributed by atoms with E-state index >= 15 is 0 Å². The van der Waals surface area contributed by atoms with Gasteiger partial charge in [0, 0.05) is 16.9 Å². The third kappa shape index (κ3) is 7.26. The zero-order valence-corrected chi connectivity index (χ0v) is 34.8. The fraction of sp³-hybridized carbons (Fsp3) is 0. The van der Waals surface area contributed by atoms with Gasteiger partial charge in [0.25, 0.3) is 0 Å². The van der Waals surface area contributed by atoms with Crippen molar-refractivity contribution in [2.24, 2.45) is 0 Å². The summed E-state index contributed by atoms with van der Waals surface area (Å²) in [5.41, 5.74) is 17.5. The summed E-state index contributed by atoms with van der Waals surface area (Å²) in [4.78, 5) is 2.44. The summed E-state index contributed by atoms with van der Waals surface area (Å²) < 4.78 is 0. The van der Waals surface area contributed by atoms with Crippen LogP contribution < -0.4 is 4.90 Å². The minimum atomic E-state index is 1.08. The lowest BCUT2D eigenvalue weighted by molar-refractivity contribution is 1.28. The Labute approximate surface area is 369 Å². The predicted molar refractivity (Wildman–Crippen MR) is 269 cm³/mol. The average Bonchev–Trinajstić information content (AvgIpc) is 3.37. The van der Waals surface area contributed by atoms with Crippen molar-refractivity contribution in [1.29, 1.82) is 0 Å². The summed E-state index contributed by atoms with van der Waals surface area (Å²) in [6.45, 7) is 0. The fourth-order valence-corrected chi connectivity index (χ4v) is 9.28. The Hall–Kier alpha value is -8.26. The standard InChI is InChI=1S/C62H43N/c1-3-19-46(20-4-1)55-29-11-12-31-59(55)62-57(48-21-5-2-6-22-48)33-17-34-60(62)58-30-13-14-35-61(58)63(52-40-38-45(39-41-52)50-37-36-44-18-7-8-24-49(44)42-50)53-27-15-26-51(43-53)56-32-16-25-47-23-9-10-28-54(47)56/h1-43H. The monoisotopic (exact) mass is 801 g/mol. The first-order valence-corrected chi connectivity index (χ1v) is 21.7. The molecular weight excluding hydrogens is 759 g/mol. The highest BCUT2D eigenvalue weighted by molar-refractivity contribution is 6.03. The maximum absolute atomic E-state index is 2.44. The van der Waals surface area contributed by atoms with Crippen LogP contribution in [-0.4, -0.2) is 0 Å². The first kappa shape index (κ1) is 37.7. The van der Waals surface area contributed by atoms with E-state index in [1.54, 1.807) is 0 Å². The molecule has 11 aromatic carbocycles. The number of hydrogen-bond acceptors (Lipinski definition) is 1. The van der Waals surface area contributed by atoms with Gasteiger partial charge >= 0.3 is 0 Å². The van der Waals surface area contributed by atoms with Crippen molar-refractivity contribution in [3.63, 3.8) is 0 Å². The highest BCUT2D eigenvalue weighted by Crippen LogP contribution is 2.49. The Kier molecular flexibility index (Phi) is 9.97. The molecule has 0 spiro atoms. The van der Waals surface area contributed by atoms with Gasteiger partial charge in [-0.05, 0) is 119 Å². The minimum absolute atomic E-state index is 1.08. The SMILES string of the molecule is c1ccc(-c2ccccc2-c2c(-c3ccccc3)cccc2-c2ccccc2N(c2ccc(-c3ccc4ccccc4c3)cc2)c2cccc(-c3cccc4ccccc34)c2)cc1. The highest BCUT2D eigenvalue weighted by atomic mass is 15.1. The zero-order chi connectivity index (χ0) is 42.0. The van der Waals surface area contributed by atoms with Crippen molar-refractivity contribution in [3.8, 4) is 66.8 Å². The quantitative estimate of drug-likeness (QED) is 0.141. The number of benzene rings is 11. The molecule has 0 fully saturated rings. The number of hydrogen-bond donors (Lipinski definition) is 0. The van der Waals surface area contributed by atoms with Crippen LogP contribution in [0.3, 0.4) is 0 Å². The van der Waals surface area contributed by atoms with E-state index in [2.05, 4.69) is 266 Å². The highest BCUT2D eigenvalue weighted by Gasteiger charge is 2.23. The molecule has 1 heteroatoms. The van der Waals surface area contributed by atoms with Crippen molar-refractivity contribution in [2.45, 2.75) is 0 Å². The lowest BCUT2D eigenvalue weighted by Gasteiger charge is -2.29. The molecule has 0 saturated carbocycles. The topological polar surface area (TPSA) is 3.24 Å². The van der Waals surface area contributed by atoms with Gasteiger partial charge in [-0.25, -0.2) is 0 Å². The molecule has 0 unspecified atom stereocenters. The summed E-state index contributed by atoms with van der Waals surface area (Å²) in [5, 5.41) is 4.95. The largest absolute Gasteiger partial charge is 0.310 e. The molecule has 0 aliphatic carbocycles. The molecule has 0 heterocycles. The molecule has 0 atom stereocenters. The fourth-order valence-electron chi connectivity index (χ4n) is 9.28. The predicted octanol–water partition coefficient (Wildman–Crippen LogP) is 17.5. The number of fused-ring (bicyclic) bond motifs is 2. The zero-order valence-electron chi connectivity index (χ0n) is 34.8. The van der Waals surface area contributed by atoms with Crippen molar-refractivity contribution in [1.82, 2.24) is 0 Å². The van der Waals surface area contributed by atoms with Crippen molar-refractivity contribution >= 4 is 38.6 Å². The Balaban J connectivity index is 1.13. The van der Waals surface area contributed by atoms with Crippen molar-refractivity contribution in [2.75, 3.05) is 4.90 Å². The maximum atomic E-state index is 2.44. The van der Waals surface area contributed by atoms with Gasteiger partial charge in [0.2, 0.25) is 0 Å². The van der Waals surface area contributed by atoms with E-state index in [0.29, 0.717) is 0 Å². The second kappa shape index (κ2) is 16.7. The van der Waals surface area contributed by atoms with Crippen LogP contribution in [0.5, 0.6) is 0 Å². The smallest absolute Gasteiger partial charge is 0.0540 e. The van der Waals surface area contributed by atoms with Crippen molar-refractivity contribution in [3.05, 3.63) is 261 Å². The van der Waals surface area contributed by atoms with Crippen LogP contribution in [0.2, 0.25) is 0 Å². The molecule has 11 rings (SSSR count). The Bertz CT molecular complexity index is 3380. The van der Waals surface area contributed by atoms with E-state index in [9.17, 15) is 0 Å². The van der Waals surface area contributed by atoms with E-state index in [-0.39, 0.29) is 0 Å². The van der Waals surface area contributed by atoms with E-state index in [1.165, 1.54) is 82.7 Å². The third-order valence-electron chi connectivity index (χ3n) is 12.3. The first-order valence-electron chi connectivity index (χ1n) is 21.7. The Morgan fingerprint density at radius 3 is 1.54 bits per heavy atom. The van der Waals surface area contributed by atoms with Crippen LogP contribution in [0, 0.1) is 0 Å². The summed E-state index contributed by atoms with van der Waals surface area (Å²) in [6.07, 6.45) is 0. The normalized spacial score (nSPS) is 11.2. The van der Waals surface area contributed by atoms with Crippen molar-refractivity contribution < 1.29 is 0 Å². The molecule has 63 heavy (non-hydrogen) atoms. The molecule has 0 saturated heterocycles. The van der Waals surface area contributed by atoms with E-state index in [4.69, 9.17) is 0 Å². The van der Waals surface area contributed by atoms with E-state index < -0.39 is 0 Å². The molecular formula is C62H43N. The second-order valence-electron chi connectivity index (χ2n) is 16.0. The van der Waals surface area contributed by atoms with Gasteiger partial charge in [0.1, 0.15) is 0 Å². The first-order chi connectivity index (χ1) is 31.3. The Morgan fingerprint density at radius 2 is 0.746 bits per heavy atom. The molecule has 0 bridgehead atoms. The molecule has 0 aromatic heterocycles. The van der Waals surface area contributed by atoms with Gasteiger partial charge in [0.15, 0.2) is 0 Å². The van der Waals surface area contributed by atoms with Crippen LogP contribution in [0.25, 0.3) is 88.3 Å². The Morgan fingerprint density at radius 1 is 0.222 bits per heavy atom. The van der Waals surface area contributed by atoms with Crippen LogP contribution in [0.4, 0.5) is 17.1 Å². The maximum Gasteiger partial charge on any atom is 0.0540 e. The second-order valence-corrected chi connectivity index (χ2v) is 16.0. The minimum Gasteiger partial charge on any atom is -0.310 e. The van der Waals surface area contributed by atoms with Gasteiger partial charge in [-0.15, -0.1) is 0 Å². The van der Waals surface area contributed by atoms with E-state index in [1.807, 2.05) is 0 Å². The number of anilines is 3. The average molecular weight is 802 g/mol.